The molecule has 0 aliphatic carbocycles. The molecule has 3 rings (SSSR count). The van der Waals surface area contributed by atoms with Crippen molar-refractivity contribution in [1.29, 1.82) is 0 Å². The van der Waals surface area contributed by atoms with Crippen LogP contribution < -0.4 is 9.64 Å². The van der Waals surface area contributed by atoms with E-state index in [1.54, 1.807) is 31.0 Å². The molecule has 0 fully saturated rings. The molecule has 0 bridgehead atoms. The second kappa shape index (κ2) is 7.17. The Labute approximate surface area is 146 Å². The van der Waals surface area contributed by atoms with Crippen LogP contribution in [0.1, 0.15) is 27.6 Å². The molecule has 0 saturated carbocycles. The van der Waals surface area contributed by atoms with Gasteiger partial charge in [0.05, 0.1) is 5.56 Å². The molecule has 1 heterocycles. The van der Waals surface area contributed by atoms with Gasteiger partial charge < -0.3 is 14.2 Å². The predicted octanol–water partition coefficient (Wildman–Crippen LogP) is 3.54. The second-order valence-electron chi connectivity index (χ2n) is 5.72. The van der Waals surface area contributed by atoms with Crippen molar-refractivity contribution in [3.63, 3.8) is 0 Å². The van der Waals surface area contributed by atoms with Crippen LogP contribution in [0.4, 0.5) is 5.69 Å². The zero-order valence-corrected chi connectivity index (χ0v) is 14.4. The average Bonchev–Trinajstić information content (AvgIpc) is 3.04. The summed E-state index contributed by atoms with van der Waals surface area (Å²) in [6, 6.07) is 14.9. The summed E-state index contributed by atoms with van der Waals surface area (Å²) in [5, 5.41) is 3.79. The quantitative estimate of drug-likeness (QED) is 0.712. The minimum Gasteiger partial charge on any atom is -0.485 e. The summed E-state index contributed by atoms with van der Waals surface area (Å²) < 4.78 is 10.7. The Balaban J connectivity index is 1.80. The maximum atomic E-state index is 12.9. The Morgan fingerprint density at radius 2 is 1.96 bits per heavy atom. The van der Waals surface area contributed by atoms with Crippen molar-refractivity contribution in [2.45, 2.75) is 20.5 Å². The first-order valence-corrected chi connectivity index (χ1v) is 7.90. The van der Waals surface area contributed by atoms with Gasteiger partial charge in [-0.1, -0.05) is 29.4 Å². The van der Waals surface area contributed by atoms with Crippen LogP contribution in [0.25, 0.3) is 0 Å². The highest BCUT2D eigenvalue weighted by molar-refractivity contribution is 6.07. The molecule has 128 valence electrons. The number of benzene rings is 2. The van der Waals surface area contributed by atoms with E-state index in [0.29, 0.717) is 23.0 Å². The molecular formula is C19H19N3O3. The molecular weight excluding hydrogens is 318 g/mol. The lowest BCUT2D eigenvalue weighted by atomic mass is 10.1. The van der Waals surface area contributed by atoms with Crippen LogP contribution in [0, 0.1) is 13.8 Å². The monoisotopic (exact) mass is 337 g/mol. The molecule has 1 aromatic heterocycles. The van der Waals surface area contributed by atoms with Gasteiger partial charge in [-0.2, -0.15) is 4.98 Å². The van der Waals surface area contributed by atoms with Crippen LogP contribution >= 0.6 is 0 Å². The van der Waals surface area contributed by atoms with E-state index >= 15 is 0 Å². The SMILES string of the molecule is Cc1cccc(N(C)C(=O)c2ccccc2OCc2noc(C)n2)c1. The minimum absolute atomic E-state index is 0.135. The van der Waals surface area contributed by atoms with Crippen molar-refractivity contribution in [3.8, 4) is 5.75 Å². The molecule has 0 spiro atoms. The highest BCUT2D eigenvalue weighted by atomic mass is 16.5. The zero-order chi connectivity index (χ0) is 17.8. The molecule has 2 aromatic carbocycles. The first-order valence-electron chi connectivity index (χ1n) is 7.90. The summed E-state index contributed by atoms with van der Waals surface area (Å²) in [5.74, 6) is 1.24. The summed E-state index contributed by atoms with van der Waals surface area (Å²) in [5.41, 5.74) is 2.40. The van der Waals surface area contributed by atoms with Gasteiger partial charge in [0.15, 0.2) is 6.61 Å². The number of para-hydroxylation sites is 1. The van der Waals surface area contributed by atoms with Crippen LogP contribution in [0.2, 0.25) is 0 Å². The van der Waals surface area contributed by atoms with Crippen LogP contribution in [-0.2, 0) is 6.61 Å². The fraction of sp³-hybridized carbons (Fsp3) is 0.211. The van der Waals surface area contributed by atoms with Gasteiger partial charge in [0.1, 0.15) is 5.75 Å². The fourth-order valence-corrected chi connectivity index (χ4v) is 2.45. The molecule has 6 nitrogen and oxygen atoms in total. The largest absolute Gasteiger partial charge is 0.485 e. The average molecular weight is 337 g/mol. The van der Waals surface area contributed by atoms with Gasteiger partial charge in [0, 0.05) is 19.7 Å². The van der Waals surface area contributed by atoms with E-state index in [9.17, 15) is 4.79 Å². The lowest BCUT2D eigenvalue weighted by Crippen LogP contribution is -2.26. The molecule has 0 radical (unpaired) electrons. The third kappa shape index (κ3) is 3.85. The third-order valence-corrected chi connectivity index (χ3v) is 3.74. The lowest BCUT2D eigenvalue weighted by Gasteiger charge is -2.19. The van der Waals surface area contributed by atoms with Crippen LogP contribution in [-0.4, -0.2) is 23.1 Å². The Kier molecular flexibility index (Phi) is 4.79. The molecule has 0 aliphatic rings. The van der Waals surface area contributed by atoms with Crippen molar-refractivity contribution < 1.29 is 14.1 Å². The Hall–Kier alpha value is -3.15. The predicted molar refractivity (Wildman–Crippen MR) is 93.7 cm³/mol. The lowest BCUT2D eigenvalue weighted by molar-refractivity contribution is 0.0988. The zero-order valence-electron chi connectivity index (χ0n) is 14.4. The molecule has 0 N–H and O–H groups in total. The normalized spacial score (nSPS) is 10.5. The number of anilines is 1. The number of aromatic nitrogens is 2. The summed E-state index contributed by atoms with van der Waals surface area (Å²) in [7, 11) is 1.75. The van der Waals surface area contributed by atoms with Crippen molar-refractivity contribution in [3.05, 3.63) is 71.4 Å². The number of amides is 1. The van der Waals surface area contributed by atoms with Gasteiger partial charge in [0.25, 0.3) is 5.91 Å². The second-order valence-corrected chi connectivity index (χ2v) is 5.72. The van der Waals surface area contributed by atoms with Gasteiger partial charge in [-0.05, 0) is 36.8 Å². The number of carbonyl (C=O) groups is 1. The van der Waals surface area contributed by atoms with Crippen molar-refractivity contribution in [2.75, 3.05) is 11.9 Å². The smallest absolute Gasteiger partial charge is 0.261 e. The molecule has 6 heteroatoms. The topological polar surface area (TPSA) is 68.5 Å². The molecule has 0 saturated heterocycles. The highest BCUT2D eigenvalue weighted by Crippen LogP contribution is 2.23. The number of rotatable bonds is 5. The van der Waals surface area contributed by atoms with E-state index in [4.69, 9.17) is 9.26 Å². The first kappa shape index (κ1) is 16.7. The molecule has 0 aliphatic heterocycles. The molecule has 1 amide bonds. The first-order chi connectivity index (χ1) is 12.0. The van der Waals surface area contributed by atoms with Crippen LogP contribution in [0.3, 0.4) is 0 Å². The van der Waals surface area contributed by atoms with E-state index in [1.165, 1.54) is 0 Å². The molecule has 0 unspecified atom stereocenters. The number of ether oxygens (including phenoxy) is 1. The molecule has 3 aromatic rings. The highest BCUT2D eigenvalue weighted by Gasteiger charge is 2.18. The number of nitrogens with zero attached hydrogens (tertiary/aromatic N) is 3. The van der Waals surface area contributed by atoms with E-state index in [-0.39, 0.29) is 12.5 Å². The molecule has 25 heavy (non-hydrogen) atoms. The number of hydrogen-bond donors (Lipinski definition) is 0. The van der Waals surface area contributed by atoms with Crippen LogP contribution in [0.15, 0.2) is 53.1 Å². The van der Waals surface area contributed by atoms with Crippen molar-refractivity contribution in [2.24, 2.45) is 0 Å². The summed E-state index contributed by atoms with van der Waals surface area (Å²) in [6.07, 6.45) is 0. The fourth-order valence-electron chi connectivity index (χ4n) is 2.45. The Morgan fingerprint density at radius 3 is 2.68 bits per heavy atom. The van der Waals surface area contributed by atoms with Gasteiger partial charge in [-0.15, -0.1) is 0 Å². The van der Waals surface area contributed by atoms with Crippen molar-refractivity contribution >= 4 is 11.6 Å². The van der Waals surface area contributed by atoms with Crippen LogP contribution in [0.5, 0.6) is 5.75 Å². The van der Waals surface area contributed by atoms with E-state index in [0.717, 1.165) is 11.3 Å². The number of hydrogen-bond acceptors (Lipinski definition) is 5. The summed E-state index contributed by atoms with van der Waals surface area (Å²) in [6.45, 7) is 3.84. The van der Waals surface area contributed by atoms with E-state index in [2.05, 4.69) is 10.1 Å². The van der Waals surface area contributed by atoms with Crippen molar-refractivity contribution in [1.82, 2.24) is 10.1 Å². The van der Waals surface area contributed by atoms with Gasteiger partial charge in [-0.3, -0.25) is 4.79 Å². The minimum atomic E-state index is -0.148. The Bertz CT molecular complexity index is 889. The van der Waals surface area contributed by atoms with E-state index in [1.807, 2.05) is 43.3 Å². The third-order valence-electron chi connectivity index (χ3n) is 3.74. The number of carbonyl (C=O) groups excluding carboxylic acids is 1. The Morgan fingerprint density at radius 1 is 1.16 bits per heavy atom. The van der Waals surface area contributed by atoms with Gasteiger partial charge >= 0.3 is 0 Å². The standard InChI is InChI=1S/C19H19N3O3/c1-13-7-6-8-15(11-13)22(3)19(23)16-9-4-5-10-17(16)24-12-18-20-14(2)25-21-18/h4-11H,12H2,1-3H3. The molecule has 0 atom stereocenters. The number of aryl methyl sites for hydroxylation is 2. The summed E-state index contributed by atoms with van der Waals surface area (Å²) in [4.78, 5) is 18.6. The maximum Gasteiger partial charge on any atom is 0.261 e. The van der Waals surface area contributed by atoms with E-state index < -0.39 is 0 Å². The summed E-state index contributed by atoms with van der Waals surface area (Å²) >= 11 is 0. The van der Waals surface area contributed by atoms with Gasteiger partial charge in [-0.25, -0.2) is 0 Å². The maximum absolute atomic E-state index is 12.9. The van der Waals surface area contributed by atoms with Gasteiger partial charge in [0.2, 0.25) is 11.7 Å².